The van der Waals surface area contributed by atoms with Gasteiger partial charge in [0.25, 0.3) is 5.91 Å². The first-order valence-electron chi connectivity index (χ1n) is 4.91. The lowest BCUT2D eigenvalue weighted by Gasteiger charge is -2.07. The molecular weight excluding hydrogens is 244 g/mol. The van der Waals surface area contributed by atoms with E-state index in [2.05, 4.69) is 20.9 Å². The van der Waals surface area contributed by atoms with Crippen LogP contribution in [0.25, 0.3) is 0 Å². The van der Waals surface area contributed by atoms with Crippen molar-refractivity contribution in [2.45, 2.75) is 0 Å². The van der Waals surface area contributed by atoms with Gasteiger partial charge in [-0.05, 0) is 19.2 Å². The third kappa shape index (κ3) is 3.69. The van der Waals surface area contributed by atoms with Gasteiger partial charge in [0.2, 0.25) is 5.91 Å². The highest BCUT2D eigenvalue weighted by molar-refractivity contribution is 6.32. The van der Waals surface area contributed by atoms with Crippen LogP contribution in [0.5, 0.6) is 0 Å². The molecule has 0 aromatic carbocycles. The summed E-state index contributed by atoms with van der Waals surface area (Å²) >= 11 is 5.85. The van der Waals surface area contributed by atoms with Crippen molar-refractivity contribution < 1.29 is 9.59 Å². The Morgan fingerprint density at radius 2 is 2.06 bits per heavy atom. The second-order valence-corrected chi connectivity index (χ2v) is 3.55. The number of amides is 2. The van der Waals surface area contributed by atoms with E-state index in [4.69, 9.17) is 11.6 Å². The molecule has 0 atom stereocenters. The Bertz CT molecular complexity index is 436. The Balaban J connectivity index is 2.83. The van der Waals surface area contributed by atoms with Gasteiger partial charge in [0.05, 0.1) is 12.2 Å². The van der Waals surface area contributed by atoms with Crippen LogP contribution in [-0.2, 0) is 4.79 Å². The Kier molecular flexibility index (Phi) is 4.86. The molecule has 0 aliphatic carbocycles. The molecule has 1 heterocycles. The van der Waals surface area contributed by atoms with E-state index >= 15 is 0 Å². The Morgan fingerprint density at radius 3 is 2.59 bits per heavy atom. The highest BCUT2D eigenvalue weighted by atomic mass is 35.5. The third-order valence-corrected chi connectivity index (χ3v) is 2.21. The van der Waals surface area contributed by atoms with Gasteiger partial charge < -0.3 is 16.0 Å². The summed E-state index contributed by atoms with van der Waals surface area (Å²) in [4.78, 5) is 26.4. The molecule has 1 aromatic heterocycles. The van der Waals surface area contributed by atoms with Crippen LogP contribution in [0.2, 0.25) is 5.15 Å². The molecule has 0 spiro atoms. The van der Waals surface area contributed by atoms with Crippen molar-refractivity contribution in [1.29, 1.82) is 0 Å². The number of hydrogen-bond donors (Lipinski definition) is 3. The zero-order chi connectivity index (χ0) is 12.8. The second kappa shape index (κ2) is 6.17. The van der Waals surface area contributed by atoms with Crippen molar-refractivity contribution in [2.75, 3.05) is 26.0 Å². The normalized spacial score (nSPS) is 9.82. The zero-order valence-electron chi connectivity index (χ0n) is 9.50. The lowest BCUT2D eigenvalue weighted by atomic mass is 10.3. The number of hydrogen-bond acceptors (Lipinski definition) is 4. The smallest absolute Gasteiger partial charge is 0.269 e. The average molecular weight is 257 g/mol. The van der Waals surface area contributed by atoms with E-state index in [9.17, 15) is 9.59 Å². The van der Waals surface area contributed by atoms with Gasteiger partial charge in [-0.1, -0.05) is 11.6 Å². The van der Waals surface area contributed by atoms with E-state index < -0.39 is 0 Å². The van der Waals surface area contributed by atoms with Gasteiger partial charge in [0.15, 0.2) is 5.15 Å². The predicted octanol–water partition coefficient (Wildman–Crippen LogP) is 0.252. The largest absolute Gasteiger partial charge is 0.354 e. The number of carbonyl (C=O) groups is 2. The molecule has 0 aliphatic heterocycles. The van der Waals surface area contributed by atoms with Gasteiger partial charge >= 0.3 is 0 Å². The molecule has 0 saturated heterocycles. The van der Waals surface area contributed by atoms with Crippen molar-refractivity contribution in [3.63, 3.8) is 0 Å². The molecule has 1 aromatic rings. The quantitative estimate of drug-likeness (QED) is 0.675. The third-order valence-electron chi connectivity index (χ3n) is 1.92. The maximum Gasteiger partial charge on any atom is 0.269 e. The molecule has 2 amide bonds. The fourth-order valence-electron chi connectivity index (χ4n) is 1.14. The summed E-state index contributed by atoms with van der Waals surface area (Å²) < 4.78 is 0. The topological polar surface area (TPSA) is 83.1 Å². The molecule has 6 nitrogen and oxygen atoms in total. The molecule has 0 radical (unpaired) electrons. The standard InChI is InChI=1S/C10H13ClN4O2/c1-12-5-8(16)14-6-3-4-7(10(17)13-2)15-9(6)11/h3-4,12H,5H2,1-2H3,(H,13,17)(H,14,16). The van der Waals surface area contributed by atoms with Gasteiger partial charge in [-0.3, -0.25) is 9.59 Å². The van der Waals surface area contributed by atoms with Crippen molar-refractivity contribution in [3.8, 4) is 0 Å². The van der Waals surface area contributed by atoms with Crippen LogP contribution in [0.1, 0.15) is 10.5 Å². The maximum atomic E-state index is 11.3. The van der Waals surface area contributed by atoms with Crippen LogP contribution < -0.4 is 16.0 Å². The molecule has 0 saturated carbocycles. The summed E-state index contributed by atoms with van der Waals surface area (Å²) in [6.07, 6.45) is 0. The van der Waals surface area contributed by atoms with E-state index in [0.29, 0.717) is 5.69 Å². The van der Waals surface area contributed by atoms with Gasteiger partial charge in [-0.15, -0.1) is 0 Å². The minimum absolute atomic E-state index is 0.0792. The summed E-state index contributed by atoms with van der Waals surface area (Å²) in [6.45, 7) is 0.174. The lowest BCUT2D eigenvalue weighted by molar-refractivity contribution is -0.115. The summed E-state index contributed by atoms with van der Waals surface area (Å²) in [7, 11) is 3.16. The van der Waals surface area contributed by atoms with Crippen LogP contribution in [0.4, 0.5) is 5.69 Å². The first kappa shape index (κ1) is 13.4. The van der Waals surface area contributed by atoms with E-state index in [1.54, 1.807) is 7.05 Å². The summed E-state index contributed by atoms with van der Waals surface area (Å²) in [5.41, 5.74) is 0.573. The molecule has 1 rings (SSSR count). The summed E-state index contributed by atoms with van der Waals surface area (Å²) in [5, 5.41) is 7.78. The van der Waals surface area contributed by atoms with Crippen molar-refractivity contribution in [3.05, 3.63) is 23.0 Å². The molecule has 17 heavy (non-hydrogen) atoms. The van der Waals surface area contributed by atoms with Gasteiger partial charge in [0.1, 0.15) is 5.69 Å². The zero-order valence-corrected chi connectivity index (χ0v) is 10.3. The monoisotopic (exact) mass is 256 g/mol. The number of nitrogens with one attached hydrogen (secondary N) is 3. The van der Waals surface area contributed by atoms with Crippen LogP contribution in [0, 0.1) is 0 Å². The van der Waals surface area contributed by atoms with Gasteiger partial charge in [-0.2, -0.15) is 0 Å². The molecule has 0 unspecified atom stereocenters. The van der Waals surface area contributed by atoms with Crippen molar-refractivity contribution in [2.24, 2.45) is 0 Å². The summed E-state index contributed by atoms with van der Waals surface area (Å²) in [5.74, 6) is -0.566. The lowest BCUT2D eigenvalue weighted by Crippen LogP contribution is -2.25. The van der Waals surface area contributed by atoms with E-state index in [1.165, 1.54) is 19.2 Å². The molecule has 0 aliphatic rings. The first-order valence-corrected chi connectivity index (χ1v) is 5.29. The number of anilines is 1. The number of halogens is 1. The highest BCUT2D eigenvalue weighted by Crippen LogP contribution is 2.19. The molecule has 0 bridgehead atoms. The Hall–Kier alpha value is -1.66. The van der Waals surface area contributed by atoms with Gasteiger partial charge in [-0.25, -0.2) is 4.98 Å². The molecule has 0 fully saturated rings. The van der Waals surface area contributed by atoms with E-state index in [0.717, 1.165) is 0 Å². The first-order chi connectivity index (χ1) is 8.08. The minimum atomic E-state index is -0.333. The molecule has 92 valence electrons. The SMILES string of the molecule is CNCC(=O)Nc1ccc(C(=O)NC)nc1Cl. The van der Waals surface area contributed by atoms with E-state index in [1.807, 2.05) is 0 Å². The van der Waals surface area contributed by atoms with Crippen LogP contribution in [0.3, 0.4) is 0 Å². The highest BCUT2D eigenvalue weighted by Gasteiger charge is 2.10. The van der Waals surface area contributed by atoms with Crippen molar-refractivity contribution in [1.82, 2.24) is 15.6 Å². The predicted molar refractivity (Wildman–Crippen MR) is 65.2 cm³/mol. The number of rotatable bonds is 4. The van der Waals surface area contributed by atoms with Crippen LogP contribution >= 0.6 is 11.6 Å². The van der Waals surface area contributed by atoms with Crippen molar-refractivity contribution >= 4 is 29.1 Å². The second-order valence-electron chi connectivity index (χ2n) is 3.19. The maximum absolute atomic E-state index is 11.3. The number of nitrogens with zero attached hydrogens (tertiary/aromatic N) is 1. The minimum Gasteiger partial charge on any atom is -0.354 e. The Morgan fingerprint density at radius 1 is 1.35 bits per heavy atom. The fraction of sp³-hybridized carbons (Fsp3) is 0.300. The Labute approximate surface area is 104 Å². The molecular formula is C10H13ClN4O2. The van der Waals surface area contributed by atoms with Gasteiger partial charge in [0, 0.05) is 7.05 Å². The number of likely N-dealkylation sites (N-methyl/N-ethyl adjacent to an activating group) is 1. The van der Waals surface area contributed by atoms with E-state index in [-0.39, 0.29) is 29.2 Å². The fourth-order valence-corrected chi connectivity index (χ4v) is 1.34. The van der Waals surface area contributed by atoms with Crippen LogP contribution in [-0.4, -0.2) is 37.4 Å². The van der Waals surface area contributed by atoms with Crippen LogP contribution in [0.15, 0.2) is 12.1 Å². The number of carbonyl (C=O) groups excluding carboxylic acids is 2. The molecule has 7 heteroatoms. The average Bonchev–Trinajstić information content (AvgIpc) is 2.31. The number of pyridine rings is 1. The molecule has 3 N–H and O–H groups in total. The summed E-state index contributed by atoms with van der Waals surface area (Å²) in [6, 6.07) is 3.02. The number of aromatic nitrogens is 1.